The van der Waals surface area contributed by atoms with E-state index in [2.05, 4.69) is 0 Å². The first-order chi connectivity index (χ1) is 7.47. The van der Waals surface area contributed by atoms with Crippen LogP contribution in [-0.4, -0.2) is 11.1 Å². The van der Waals surface area contributed by atoms with E-state index in [-0.39, 0.29) is 5.41 Å². The summed E-state index contributed by atoms with van der Waals surface area (Å²) in [7, 11) is 0. The van der Waals surface area contributed by atoms with E-state index in [9.17, 15) is 13.6 Å². The molecule has 3 fully saturated rings. The molecule has 0 spiro atoms. The highest BCUT2D eigenvalue weighted by atomic mass is 19.2. The van der Waals surface area contributed by atoms with Crippen molar-refractivity contribution in [3.8, 4) is 0 Å². The van der Waals surface area contributed by atoms with Gasteiger partial charge in [-0.1, -0.05) is 6.07 Å². The number of aliphatic carboxylic acids is 1. The van der Waals surface area contributed by atoms with Gasteiger partial charge in [0.05, 0.1) is 5.41 Å². The molecule has 0 saturated heterocycles. The molecule has 0 heterocycles. The van der Waals surface area contributed by atoms with Crippen molar-refractivity contribution in [1.29, 1.82) is 0 Å². The third kappa shape index (κ3) is 0.970. The fraction of sp³-hybridized carbons (Fsp3) is 0.417. The lowest BCUT2D eigenvalue weighted by atomic mass is 9.33. The average Bonchev–Trinajstić information content (AvgIpc) is 2.05. The molecule has 0 aliphatic heterocycles. The van der Waals surface area contributed by atoms with Crippen LogP contribution in [0.2, 0.25) is 0 Å². The molecule has 2 bridgehead atoms. The number of benzene rings is 1. The second-order valence-electron chi connectivity index (χ2n) is 5.03. The minimum atomic E-state index is -0.858. The van der Waals surface area contributed by atoms with Gasteiger partial charge < -0.3 is 5.11 Å². The number of hydrogen-bond donors (Lipinski definition) is 1. The van der Waals surface area contributed by atoms with E-state index in [1.807, 2.05) is 0 Å². The van der Waals surface area contributed by atoms with Crippen molar-refractivity contribution in [3.05, 3.63) is 35.4 Å². The SMILES string of the molecule is O=C(O)C12CC(c3ccc(F)c(F)c3)(C1)C2. The van der Waals surface area contributed by atoms with Gasteiger partial charge in [-0.05, 0) is 42.4 Å². The van der Waals surface area contributed by atoms with Gasteiger partial charge in [0.2, 0.25) is 0 Å². The number of rotatable bonds is 2. The molecule has 0 aromatic heterocycles. The van der Waals surface area contributed by atoms with Crippen molar-refractivity contribution in [2.24, 2.45) is 5.41 Å². The van der Waals surface area contributed by atoms with Crippen LogP contribution < -0.4 is 0 Å². The number of carboxylic acid groups (broad SMARTS) is 1. The standard InChI is InChI=1S/C12H10F2O2/c13-8-2-1-7(3-9(8)14)11-4-12(5-11,6-11)10(15)16/h1-3H,4-6H2,(H,15,16). The van der Waals surface area contributed by atoms with Gasteiger partial charge in [-0.2, -0.15) is 0 Å². The van der Waals surface area contributed by atoms with E-state index in [1.54, 1.807) is 6.07 Å². The van der Waals surface area contributed by atoms with Crippen molar-refractivity contribution >= 4 is 5.97 Å². The van der Waals surface area contributed by atoms with Crippen LogP contribution in [0.4, 0.5) is 8.78 Å². The largest absolute Gasteiger partial charge is 0.481 e. The van der Waals surface area contributed by atoms with Gasteiger partial charge in [0, 0.05) is 0 Å². The summed E-state index contributed by atoms with van der Waals surface area (Å²) < 4.78 is 25.8. The fourth-order valence-corrected chi connectivity index (χ4v) is 3.15. The molecule has 4 rings (SSSR count). The van der Waals surface area contributed by atoms with Gasteiger partial charge in [0.15, 0.2) is 11.6 Å². The van der Waals surface area contributed by atoms with Gasteiger partial charge in [0.25, 0.3) is 0 Å². The molecule has 16 heavy (non-hydrogen) atoms. The van der Waals surface area contributed by atoms with Crippen molar-refractivity contribution < 1.29 is 18.7 Å². The lowest BCUT2D eigenvalue weighted by Crippen LogP contribution is -2.67. The maximum atomic E-state index is 13.0. The van der Waals surface area contributed by atoms with E-state index in [0.717, 1.165) is 11.6 Å². The topological polar surface area (TPSA) is 37.3 Å². The molecule has 3 saturated carbocycles. The van der Waals surface area contributed by atoms with Crippen molar-refractivity contribution in [2.75, 3.05) is 0 Å². The predicted octanol–water partition coefficient (Wildman–Crippen LogP) is 2.47. The Bertz CT molecular complexity index is 476. The molecule has 3 aliphatic carbocycles. The third-order valence-electron chi connectivity index (χ3n) is 4.02. The quantitative estimate of drug-likeness (QED) is 0.837. The maximum Gasteiger partial charge on any atom is 0.309 e. The van der Waals surface area contributed by atoms with Crippen LogP contribution in [0.3, 0.4) is 0 Å². The Kier molecular flexibility index (Phi) is 1.60. The van der Waals surface area contributed by atoms with Crippen LogP contribution in [0, 0.1) is 17.0 Å². The molecule has 84 valence electrons. The lowest BCUT2D eigenvalue weighted by Gasteiger charge is -2.68. The zero-order valence-corrected chi connectivity index (χ0v) is 8.46. The second-order valence-corrected chi connectivity index (χ2v) is 5.03. The van der Waals surface area contributed by atoms with Gasteiger partial charge in [-0.25, -0.2) is 8.78 Å². The molecule has 0 radical (unpaired) electrons. The first-order valence-electron chi connectivity index (χ1n) is 5.17. The Balaban J connectivity index is 1.87. The summed E-state index contributed by atoms with van der Waals surface area (Å²) in [6.07, 6.45) is 1.67. The van der Waals surface area contributed by atoms with Crippen molar-refractivity contribution in [2.45, 2.75) is 24.7 Å². The lowest BCUT2D eigenvalue weighted by molar-refractivity contribution is -0.194. The summed E-state index contributed by atoms with van der Waals surface area (Å²) in [6.45, 7) is 0. The first kappa shape index (κ1) is 9.75. The molecule has 1 N–H and O–H groups in total. The minimum absolute atomic E-state index is 0.201. The zero-order valence-electron chi connectivity index (χ0n) is 8.46. The summed E-state index contributed by atoms with van der Waals surface area (Å²) in [4.78, 5) is 10.9. The monoisotopic (exact) mass is 224 g/mol. The summed E-state index contributed by atoms with van der Waals surface area (Å²) >= 11 is 0. The molecule has 0 atom stereocenters. The summed E-state index contributed by atoms with van der Waals surface area (Å²) in [5.41, 5.74) is -0.0489. The Morgan fingerprint density at radius 3 is 2.31 bits per heavy atom. The molecule has 2 nitrogen and oxygen atoms in total. The molecular weight excluding hydrogens is 214 g/mol. The normalized spacial score (nSPS) is 35.1. The average molecular weight is 224 g/mol. The fourth-order valence-electron chi connectivity index (χ4n) is 3.15. The van der Waals surface area contributed by atoms with E-state index < -0.39 is 23.0 Å². The molecule has 1 aromatic rings. The van der Waals surface area contributed by atoms with Gasteiger partial charge in [-0.15, -0.1) is 0 Å². The van der Waals surface area contributed by atoms with Crippen LogP contribution in [-0.2, 0) is 10.2 Å². The molecule has 3 aliphatic rings. The van der Waals surface area contributed by atoms with Gasteiger partial charge in [0.1, 0.15) is 0 Å². The number of carboxylic acids is 1. The summed E-state index contributed by atoms with van der Waals surface area (Å²) in [5.74, 6) is -2.48. The third-order valence-corrected chi connectivity index (χ3v) is 4.02. The molecule has 0 amide bonds. The highest BCUT2D eigenvalue weighted by molar-refractivity contribution is 5.80. The Hall–Kier alpha value is -1.45. The van der Waals surface area contributed by atoms with E-state index in [1.165, 1.54) is 6.07 Å². The maximum absolute atomic E-state index is 13.0. The molecular formula is C12H10F2O2. The van der Waals surface area contributed by atoms with Crippen LogP contribution >= 0.6 is 0 Å². The Morgan fingerprint density at radius 1 is 1.19 bits per heavy atom. The number of halogens is 2. The van der Waals surface area contributed by atoms with Gasteiger partial charge in [-0.3, -0.25) is 4.79 Å². The van der Waals surface area contributed by atoms with Crippen molar-refractivity contribution in [3.63, 3.8) is 0 Å². The number of hydrogen-bond acceptors (Lipinski definition) is 1. The van der Waals surface area contributed by atoms with Crippen LogP contribution in [0.5, 0.6) is 0 Å². The second kappa shape index (κ2) is 2.62. The Morgan fingerprint density at radius 2 is 1.81 bits per heavy atom. The van der Waals surface area contributed by atoms with Gasteiger partial charge >= 0.3 is 5.97 Å². The summed E-state index contributed by atoms with van der Waals surface area (Å²) in [5, 5.41) is 8.96. The van der Waals surface area contributed by atoms with E-state index >= 15 is 0 Å². The first-order valence-corrected chi connectivity index (χ1v) is 5.17. The van der Waals surface area contributed by atoms with E-state index in [0.29, 0.717) is 19.3 Å². The molecule has 4 heteroatoms. The summed E-state index contributed by atoms with van der Waals surface area (Å²) in [6, 6.07) is 3.86. The molecule has 1 aromatic carbocycles. The predicted molar refractivity (Wildman–Crippen MR) is 52.0 cm³/mol. The smallest absolute Gasteiger partial charge is 0.309 e. The van der Waals surface area contributed by atoms with Crippen LogP contribution in [0.15, 0.2) is 18.2 Å². The van der Waals surface area contributed by atoms with Crippen LogP contribution in [0.1, 0.15) is 24.8 Å². The zero-order chi connectivity index (χ0) is 11.6. The highest BCUT2D eigenvalue weighted by Crippen LogP contribution is 2.73. The van der Waals surface area contributed by atoms with Crippen molar-refractivity contribution in [1.82, 2.24) is 0 Å². The van der Waals surface area contributed by atoms with Crippen LogP contribution in [0.25, 0.3) is 0 Å². The highest BCUT2D eigenvalue weighted by Gasteiger charge is 2.72. The number of carbonyl (C=O) groups is 1. The molecule has 0 unspecified atom stereocenters. The Labute approximate surface area is 90.9 Å². The van der Waals surface area contributed by atoms with E-state index in [4.69, 9.17) is 5.11 Å². The minimum Gasteiger partial charge on any atom is -0.481 e.